The third-order valence-corrected chi connectivity index (χ3v) is 2.78. The first kappa shape index (κ1) is 15.8. The van der Waals surface area contributed by atoms with Gasteiger partial charge in [0, 0.05) is 18.3 Å². The van der Waals surface area contributed by atoms with Gasteiger partial charge in [0.2, 0.25) is 5.91 Å². The fourth-order valence-corrected chi connectivity index (χ4v) is 1.41. The highest BCUT2D eigenvalue weighted by Gasteiger charge is 2.25. The molecule has 0 aromatic carbocycles. The molecule has 0 bridgehead atoms. The van der Waals surface area contributed by atoms with Crippen molar-refractivity contribution in [3.63, 3.8) is 0 Å². The molecular formula is C13H23NO3. The van der Waals surface area contributed by atoms with Crippen LogP contribution < -0.4 is 5.32 Å². The summed E-state index contributed by atoms with van der Waals surface area (Å²) in [6, 6.07) is -0.672. The van der Waals surface area contributed by atoms with Crippen LogP contribution in [-0.2, 0) is 14.4 Å². The van der Waals surface area contributed by atoms with Crippen molar-refractivity contribution in [1.82, 2.24) is 5.32 Å². The van der Waals surface area contributed by atoms with E-state index in [9.17, 15) is 14.4 Å². The van der Waals surface area contributed by atoms with Crippen molar-refractivity contribution in [2.45, 2.75) is 53.5 Å². The number of Topliss-reactive ketones (excluding diaryl/α,β-unsaturated/α-hetero) is 2. The third kappa shape index (κ3) is 5.61. The second kappa shape index (κ2) is 7.20. The Balaban J connectivity index is 4.65. The first-order chi connectivity index (χ1) is 7.79. The number of hydrogen-bond acceptors (Lipinski definition) is 3. The van der Waals surface area contributed by atoms with Gasteiger partial charge in [-0.15, -0.1) is 0 Å². The van der Waals surface area contributed by atoms with E-state index < -0.39 is 6.04 Å². The molecule has 0 aromatic heterocycles. The minimum atomic E-state index is -0.672. The largest absolute Gasteiger partial charge is 0.346 e. The second-order valence-electron chi connectivity index (χ2n) is 4.83. The summed E-state index contributed by atoms with van der Waals surface area (Å²) in [7, 11) is 0. The summed E-state index contributed by atoms with van der Waals surface area (Å²) in [5.74, 6) is -0.654. The average Bonchev–Trinajstić information content (AvgIpc) is 2.24. The molecule has 0 radical (unpaired) electrons. The molecule has 0 heterocycles. The van der Waals surface area contributed by atoms with Gasteiger partial charge in [-0.1, -0.05) is 27.7 Å². The highest BCUT2D eigenvalue weighted by molar-refractivity contribution is 5.94. The Morgan fingerprint density at radius 3 is 2.00 bits per heavy atom. The molecule has 0 saturated carbocycles. The number of hydrogen-bond donors (Lipinski definition) is 1. The van der Waals surface area contributed by atoms with Crippen molar-refractivity contribution in [1.29, 1.82) is 0 Å². The molecule has 4 nitrogen and oxygen atoms in total. The molecule has 0 fully saturated rings. The summed E-state index contributed by atoms with van der Waals surface area (Å²) in [4.78, 5) is 34.7. The Morgan fingerprint density at radius 1 is 1.12 bits per heavy atom. The topological polar surface area (TPSA) is 63.2 Å². The van der Waals surface area contributed by atoms with Crippen LogP contribution in [0, 0.1) is 11.8 Å². The second-order valence-corrected chi connectivity index (χ2v) is 4.83. The van der Waals surface area contributed by atoms with E-state index in [2.05, 4.69) is 5.32 Å². The number of ketones is 2. The number of rotatable bonds is 7. The predicted molar refractivity (Wildman–Crippen MR) is 66.5 cm³/mol. The molecule has 2 atom stereocenters. The lowest BCUT2D eigenvalue weighted by Crippen LogP contribution is -2.45. The third-order valence-electron chi connectivity index (χ3n) is 2.78. The van der Waals surface area contributed by atoms with Crippen molar-refractivity contribution in [3.05, 3.63) is 0 Å². The molecule has 0 aromatic rings. The first-order valence-electron chi connectivity index (χ1n) is 6.13. The lowest BCUT2D eigenvalue weighted by atomic mass is 9.97. The fraction of sp³-hybridized carbons (Fsp3) is 0.769. The SMILES string of the molecule is CCC(C)C(=O)NC(CC(C)=O)C(=O)C(C)C. The predicted octanol–water partition coefficient (Wildman–Crippen LogP) is 1.72. The summed E-state index contributed by atoms with van der Waals surface area (Å²) in [6.45, 7) is 8.68. The van der Waals surface area contributed by atoms with Gasteiger partial charge in [-0.3, -0.25) is 14.4 Å². The van der Waals surface area contributed by atoms with E-state index in [-0.39, 0.29) is 35.7 Å². The van der Waals surface area contributed by atoms with Crippen LogP contribution >= 0.6 is 0 Å². The fourth-order valence-electron chi connectivity index (χ4n) is 1.41. The number of carbonyl (C=O) groups excluding carboxylic acids is 3. The quantitative estimate of drug-likeness (QED) is 0.738. The van der Waals surface area contributed by atoms with E-state index in [4.69, 9.17) is 0 Å². The average molecular weight is 241 g/mol. The van der Waals surface area contributed by atoms with E-state index in [0.717, 1.165) is 0 Å². The summed E-state index contributed by atoms with van der Waals surface area (Å²) in [5, 5.41) is 2.67. The van der Waals surface area contributed by atoms with Gasteiger partial charge in [-0.05, 0) is 13.3 Å². The molecule has 0 aliphatic heterocycles. The number of carbonyl (C=O) groups is 3. The smallest absolute Gasteiger partial charge is 0.223 e. The zero-order chi connectivity index (χ0) is 13.6. The molecular weight excluding hydrogens is 218 g/mol. The van der Waals surface area contributed by atoms with Crippen LogP contribution in [0.25, 0.3) is 0 Å². The van der Waals surface area contributed by atoms with Crippen LogP contribution in [0.5, 0.6) is 0 Å². The van der Waals surface area contributed by atoms with Gasteiger partial charge in [0.1, 0.15) is 5.78 Å². The van der Waals surface area contributed by atoms with Crippen LogP contribution in [0.4, 0.5) is 0 Å². The van der Waals surface area contributed by atoms with Crippen LogP contribution in [0.2, 0.25) is 0 Å². The van der Waals surface area contributed by atoms with Crippen LogP contribution in [-0.4, -0.2) is 23.5 Å². The molecule has 1 N–H and O–H groups in total. The Bertz CT molecular complexity index is 297. The zero-order valence-electron chi connectivity index (χ0n) is 11.4. The minimum Gasteiger partial charge on any atom is -0.346 e. The molecule has 4 heteroatoms. The summed E-state index contributed by atoms with van der Waals surface area (Å²) in [6.07, 6.45) is 0.799. The zero-order valence-corrected chi connectivity index (χ0v) is 11.4. The number of nitrogens with one attached hydrogen (secondary N) is 1. The molecule has 0 saturated heterocycles. The Morgan fingerprint density at radius 2 is 1.65 bits per heavy atom. The van der Waals surface area contributed by atoms with E-state index >= 15 is 0 Å². The van der Waals surface area contributed by atoms with Crippen molar-refractivity contribution in [2.24, 2.45) is 11.8 Å². The molecule has 0 spiro atoms. The lowest BCUT2D eigenvalue weighted by Gasteiger charge is -2.20. The normalized spacial score (nSPS) is 14.2. The minimum absolute atomic E-state index is 0.0825. The highest BCUT2D eigenvalue weighted by atomic mass is 16.2. The van der Waals surface area contributed by atoms with E-state index in [0.29, 0.717) is 6.42 Å². The Hall–Kier alpha value is -1.19. The standard InChI is InChI=1S/C13H23NO3/c1-6-9(4)13(17)14-11(7-10(5)15)12(16)8(2)3/h8-9,11H,6-7H2,1-5H3,(H,14,17). The molecule has 0 aliphatic rings. The van der Waals surface area contributed by atoms with Gasteiger partial charge in [-0.2, -0.15) is 0 Å². The summed E-state index contributed by atoms with van der Waals surface area (Å²) < 4.78 is 0. The van der Waals surface area contributed by atoms with E-state index in [1.54, 1.807) is 20.8 Å². The van der Waals surface area contributed by atoms with Gasteiger partial charge < -0.3 is 5.32 Å². The van der Waals surface area contributed by atoms with E-state index in [1.165, 1.54) is 6.92 Å². The molecule has 98 valence electrons. The maximum atomic E-state index is 11.9. The lowest BCUT2D eigenvalue weighted by molar-refractivity contribution is -0.132. The van der Waals surface area contributed by atoms with Gasteiger partial charge in [-0.25, -0.2) is 0 Å². The Labute approximate surface area is 103 Å². The van der Waals surface area contributed by atoms with E-state index in [1.807, 2.05) is 6.92 Å². The Kier molecular flexibility index (Phi) is 6.69. The molecule has 17 heavy (non-hydrogen) atoms. The number of amides is 1. The van der Waals surface area contributed by atoms with Crippen molar-refractivity contribution in [3.8, 4) is 0 Å². The molecule has 1 amide bonds. The maximum Gasteiger partial charge on any atom is 0.223 e. The molecule has 0 aliphatic carbocycles. The monoisotopic (exact) mass is 241 g/mol. The van der Waals surface area contributed by atoms with Gasteiger partial charge >= 0.3 is 0 Å². The van der Waals surface area contributed by atoms with Crippen LogP contribution in [0.3, 0.4) is 0 Å². The maximum absolute atomic E-state index is 11.9. The molecule has 2 unspecified atom stereocenters. The van der Waals surface area contributed by atoms with Gasteiger partial charge in [0.15, 0.2) is 5.78 Å². The first-order valence-corrected chi connectivity index (χ1v) is 6.13. The summed E-state index contributed by atoms with van der Waals surface area (Å²) >= 11 is 0. The van der Waals surface area contributed by atoms with Crippen LogP contribution in [0.15, 0.2) is 0 Å². The van der Waals surface area contributed by atoms with Gasteiger partial charge in [0.25, 0.3) is 0 Å². The van der Waals surface area contributed by atoms with Crippen molar-refractivity contribution >= 4 is 17.5 Å². The summed E-state index contributed by atoms with van der Waals surface area (Å²) in [5.41, 5.74) is 0. The molecule has 0 rings (SSSR count). The van der Waals surface area contributed by atoms with Crippen molar-refractivity contribution < 1.29 is 14.4 Å². The van der Waals surface area contributed by atoms with Gasteiger partial charge in [0.05, 0.1) is 6.04 Å². The highest BCUT2D eigenvalue weighted by Crippen LogP contribution is 2.07. The van der Waals surface area contributed by atoms with Crippen LogP contribution in [0.1, 0.15) is 47.5 Å². The van der Waals surface area contributed by atoms with Crippen molar-refractivity contribution in [2.75, 3.05) is 0 Å².